The van der Waals surface area contributed by atoms with Gasteiger partial charge in [0.2, 0.25) is 6.41 Å². The highest BCUT2D eigenvalue weighted by molar-refractivity contribution is 5.99. The van der Waals surface area contributed by atoms with Crippen LogP contribution in [0, 0.1) is 11.3 Å². The molecule has 2 amide bonds. The van der Waals surface area contributed by atoms with Crippen molar-refractivity contribution in [2.24, 2.45) is 11.3 Å². The van der Waals surface area contributed by atoms with E-state index in [-0.39, 0.29) is 30.1 Å². The summed E-state index contributed by atoms with van der Waals surface area (Å²) in [6.07, 6.45) is 3.58. The fraction of sp³-hybridized carbons (Fsp3) is 0.688. The van der Waals surface area contributed by atoms with Crippen LogP contribution in [0.2, 0.25) is 0 Å². The summed E-state index contributed by atoms with van der Waals surface area (Å²) in [4.78, 5) is 36.4. The molecule has 0 aromatic carbocycles. The zero-order chi connectivity index (χ0) is 16.9. The number of hydrogen-bond donors (Lipinski definition) is 1. The molecule has 0 radical (unpaired) electrons. The van der Waals surface area contributed by atoms with Crippen molar-refractivity contribution in [1.29, 1.82) is 0 Å². The van der Waals surface area contributed by atoms with E-state index < -0.39 is 11.3 Å². The first kappa shape index (κ1) is 18.2. The Bertz CT molecular complexity index is 465. The Labute approximate surface area is 131 Å². The Kier molecular flexibility index (Phi) is 6.14. The van der Waals surface area contributed by atoms with Gasteiger partial charge >= 0.3 is 5.97 Å². The number of carbonyl (C=O) groups excluding carboxylic acids is 3. The molecule has 1 saturated carbocycles. The summed E-state index contributed by atoms with van der Waals surface area (Å²) in [6.45, 7) is 7.79. The monoisotopic (exact) mass is 310 g/mol. The van der Waals surface area contributed by atoms with Gasteiger partial charge in [-0.3, -0.25) is 19.7 Å². The van der Waals surface area contributed by atoms with E-state index in [1.54, 1.807) is 6.20 Å². The maximum Gasteiger partial charge on any atom is 0.312 e. The van der Waals surface area contributed by atoms with Crippen molar-refractivity contribution in [3.63, 3.8) is 0 Å². The fourth-order valence-corrected chi connectivity index (χ4v) is 2.14. The summed E-state index contributed by atoms with van der Waals surface area (Å²) in [5.74, 6) is -0.598. The highest BCUT2D eigenvalue weighted by Crippen LogP contribution is 2.52. The minimum Gasteiger partial charge on any atom is -0.460 e. The second kappa shape index (κ2) is 7.42. The molecule has 1 fully saturated rings. The summed E-state index contributed by atoms with van der Waals surface area (Å²) in [7, 11) is 1.82. The summed E-state index contributed by atoms with van der Waals surface area (Å²) >= 11 is 0. The second-order valence-electron chi connectivity index (χ2n) is 6.39. The molecule has 1 N–H and O–H groups in total. The van der Waals surface area contributed by atoms with Gasteiger partial charge in [0.25, 0.3) is 5.91 Å². The van der Waals surface area contributed by atoms with E-state index in [0.717, 1.165) is 12.8 Å². The molecular formula is C16H26N2O4. The molecule has 6 nitrogen and oxygen atoms in total. The first-order valence-electron chi connectivity index (χ1n) is 7.59. The molecule has 22 heavy (non-hydrogen) atoms. The number of amides is 2. The highest BCUT2D eigenvalue weighted by Gasteiger charge is 2.53. The topological polar surface area (TPSA) is 75.7 Å². The van der Waals surface area contributed by atoms with Crippen molar-refractivity contribution in [2.45, 2.75) is 46.6 Å². The second-order valence-corrected chi connectivity index (χ2v) is 6.39. The molecular weight excluding hydrogens is 284 g/mol. The fourth-order valence-electron chi connectivity index (χ4n) is 2.14. The number of nitrogens with zero attached hydrogens (tertiary/aromatic N) is 1. The predicted octanol–water partition coefficient (Wildman–Crippen LogP) is 1.46. The van der Waals surface area contributed by atoms with Crippen LogP contribution in [0.5, 0.6) is 0 Å². The molecule has 0 unspecified atom stereocenters. The molecule has 1 aliphatic carbocycles. The van der Waals surface area contributed by atoms with E-state index in [0.29, 0.717) is 6.41 Å². The normalized spacial score (nSPS) is 16.4. The van der Waals surface area contributed by atoms with Crippen LogP contribution in [0.15, 0.2) is 11.8 Å². The average molecular weight is 310 g/mol. The number of nitrogens with one attached hydrogen (secondary N) is 1. The molecule has 0 spiro atoms. The van der Waals surface area contributed by atoms with Gasteiger partial charge < -0.3 is 9.64 Å². The van der Waals surface area contributed by atoms with Crippen LogP contribution in [-0.2, 0) is 19.1 Å². The SMILES string of the molecule is CC(C)N(C)/C=C(/COC(=O)C1(C(C)C)CC1)C(=O)NC=O. The molecule has 124 valence electrons. The smallest absolute Gasteiger partial charge is 0.312 e. The molecule has 0 heterocycles. The number of esters is 1. The van der Waals surface area contributed by atoms with E-state index in [1.165, 1.54) is 0 Å². The van der Waals surface area contributed by atoms with Crippen LogP contribution in [0.4, 0.5) is 0 Å². The first-order chi connectivity index (χ1) is 10.2. The molecule has 1 aliphatic rings. The molecule has 0 aliphatic heterocycles. The van der Waals surface area contributed by atoms with Gasteiger partial charge in [-0.1, -0.05) is 13.8 Å². The van der Waals surface area contributed by atoms with Crippen molar-refractivity contribution in [3.05, 3.63) is 11.8 Å². The van der Waals surface area contributed by atoms with E-state index in [4.69, 9.17) is 4.74 Å². The third-order valence-electron chi connectivity index (χ3n) is 4.31. The van der Waals surface area contributed by atoms with Gasteiger partial charge in [0.15, 0.2) is 0 Å². The largest absolute Gasteiger partial charge is 0.460 e. The standard InChI is InChI=1S/C16H26N2O4/c1-11(2)16(6-7-16)15(21)22-9-13(14(20)17-10-19)8-18(5)12(3)4/h8,10-12H,6-7,9H2,1-5H3,(H,17,19,20)/b13-8-. The number of imide groups is 1. The predicted molar refractivity (Wildman–Crippen MR) is 82.7 cm³/mol. The summed E-state index contributed by atoms with van der Waals surface area (Å²) in [5, 5.41) is 2.09. The van der Waals surface area contributed by atoms with Crippen LogP contribution in [0.1, 0.15) is 40.5 Å². The minimum absolute atomic E-state index is 0.135. The van der Waals surface area contributed by atoms with Crippen LogP contribution < -0.4 is 5.32 Å². The van der Waals surface area contributed by atoms with Crippen LogP contribution >= 0.6 is 0 Å². The highest BCUT2D eigenvalue weighted by atomic mass is 16.5. The van der Waals surface area contributed by atoms with Gasteiger partial charge in [0.05, 0.1) is 11.0 Å². The molecule has 6 heteroatoms. The molecule has 0 aromatic heterocycles. The Hall–Kier alpha value is -1.85. The number of hydrogen-bond acceptors (Lipinski definition) is 5. The third-order valence-corrected chi connectivity index (χ3v) is 4.31. The van der Waals surface area contributed by atoms with Crippen molar-refractivity contribution >= 4 is 18.3 Å². The zero-order valence-electron chi connectivity index (χ0n) is 14.0. The Morgan fingerprint density at radius 3 is 2.27 bits per heavy atom. The van der Waals surface area contributed by atoms with Gasteiger partial charge in [-0.25, -0.2) is 0 Å². The van der Waals surface area contributed by atoms with Crippen molar-refractivity contribution in [2.75, 3.05) is 13.7 Å². The maximum atomic E-state index is 12.2. The lowest BCUT2D eigenvalue weighted by molar-refractivity contribution is -0.151. The van der Waals surface area contributed by atoms with E-state index in [2.05, 4.69) is 5.32 Å². The van der Waals surface area contributed by atoms with Gasteiger partial charge in [-0.2, -0.15) is 0 Å². The summed E-state index contributed by atoms with van der Waals surface area (Å²) in [5.41, 5.74) is -0.146. The van der Waals surface area contributed by atoms with Crippen molar-refractivity contribution in [3.8, 4) is 0 Å². The molecule has 0 aromatic rings. The van der Waals surface area contributed by atoms with E-state index >= 15 is 0 Å². The van der Waals surface area contributed by atoms with Crippen molar-refractivity contribution in [1.82, 2.24) is 10.2 Å². The Balaban J connectivity index is 2.75. The van der Waals surface area contributed by atoms with Crippen molar-refractivity contribution < 1.29 is 19.1 Å². The van der Waals surface area contributed by atoms with Gasteiger partial charge in [-0.05, 0) is 32.6 Å². The quantitative estimate of drug-likeness (QED) is 0.417. The Morgan fingerprint density at radius 2 is 1.86 bits per heavy atom. The molecule has 0 atom stereocenters. The van der Waals surface area contributed by atoms with E-state index in [1.807, 2.05) is 39.6 Å². The summed E-state index contributed by atoms with van der Waals surface area (Å²) in [6, 6.07) is 0.181. The minimum atomic E-state index is -0.551. The lowest BCUT2D eigenvalue weighted by atomic mass is 9.93. The van der Waals surface area contributed by atoms with E-state index in [9.17, 15) is 14.4 Å². The number of ether oxygens (including phenoxy) is 1. The lowest BCUT2D eigenvalue weighted by Gasteiger charge is -2.21. The molecule has 0 saturated heterocycles. The maximum absolute atomic E-state index is 12.2. The zero-order valence-corrected chi connectivity index (χ0v) is 14.0. The summed E-state index contributed by atoms with van der Waals surface area (Å²) < 4.78 is 5.33. The van der Waals surface area contributed by atoms with Gasteiger partial charge in [0, 0.05) is 19.3 Å². The first-order valence-corrected chi connectivity index (χ1v) is 7.59. The van der Waals surface area contributed by atoms with Crippen LogP contribution in [-0.4, -0.2) is 42.9 Å². The van der Waals surface area contributed by atoms with Gasteiger partial charge in [-0.15, -0.1) is 0 Å². The van der Waals surface area contributed by atoms with Crippen LogP contribution in [0.25, 0.3) is 0 Å². The Morgan fingerprint density at radius 1 is 1.27 bits per heavy atom. The van der Waals surface area contributed by atoms with Gasteiger partial charge in [0.1, 0.15) is 6.61 Å². The molecule has 0 bridgehead atoms. The molecule has 1 rings (SSSR count). The number of rotatable bonds is 8. The third kappa shape index (κ3) is 4.32. The number of carbonyl (C=O) groups is 3. The van der Waals surface area contributed by atoms with Crippen LogP contribution in [0.3, 0.4) is 0 Å². The average Bonchev–Trinajstić information content (AvgIpc) is 3.24. The lowest BCUT2D eigenvalue weighted by Crippen LogP contribution is -2.31.